The van der Waals surface area contributed by atoms with Crippen LogP contribution >= 0.6 is 15.9 Å². The van der Waals surface area contributed by atoms with Crippen molar-refractivity contribution in [3.05, 3.63) is 0 Å². The minimum atomic E-state index is -4.36. The van der Waals surface area contributed by atoms with E-state index < -0.39 is 15.9 Å². The van der Waals surface area contributed by atoms with Gasteiger partial charge in [0.05, 0.1) is 0 Å². The van der Waals surface area contributed by atoms with Gasteiger partial charge in [0.2, 0.25) is 0 Å². The zero-order chi connectivity index (χ0) is 9.00. The second kappa shape index (κ2) is 14.5. The van der Waals surface area contributed by atoms with Crippen molar-refractivity contribution in [1.29, 1.82) is 0 Å². The van der Waals surface area contributed by atoms with Crippen molar-refractivity contribution < 1.29 is 29.4 Å². The average molecular weight is 310 g/mol. The third kappa shape index (κ3) is 176. The van der Waals surface area contributed by atoms with Crippen LogP contribution in [0.5, 0.6) is 0 Å². The molecule has 0 amide bonds. The van der Waals surface area contributed by atoms with Gasteiger partial charge in [-0.05, 0) is 0 Å². The largest absolute Gasteiger partial charge is 2.00 e. The second-order valence-corrected chi connectivity index (χ2v) is 5.17. The van der Waals surface area contributed by atoms with Crippen molar-refractivity contribution in [1.82, 2.24) is 0 Å². The standard InChI is InChI=1S/2CH4O3P.3Ca/c2*1-5(2,3)4;;;/h2*5H,1H3;;;/q2*-3;3*+2. The normalized spacial score (nSPS) is 11.7. The monoisotopic (exact) mass is 310 g/mol. The summed E-state index contributed by atoms with van der Waals surface area (Å²) in [5.74, 6) is 0. The van der Waals surface area contributed by atoms with Crippen LogP contribution in [0.25, 0.3) is 0 Å². The van der Waals surface area contributed by atoms with Gasteiger partial charge < -0.3 is 0 Å². The van der Waals surface area contributed by atoms with Gasteiger partial charge >= 0.3 is 172 Å². The molecule has 0 radical (unpaired) electrons. The molecule has 0 aliphatic carbocycles. The Morgan fingerprint density at radius 1 is 0.538 bits per heavy atom. The number of rotatable bonds is 0. The van der Waals surface area contributed by atoms with Crippen LogP contribution in [0.3, 0.4) is 0 Å². The van der Waals surface area contributed by atoms with Crippen LogP contribution in [0, 0.1) is 0 Å². The molecule has 68 valence electrons. The third-order valence-corrected chi connectivity index (χ3v) is 0. The van der Waals surface area contributed by atoms with Gasteiger partial charge in [0, 0.05) is 0 Å². The summed E-state index contributed by atoms with van der Waals surface area (Å²) in [4.78, 5) is 54.8. The zero-order valence-corrected chi connectivity index (χ0v) is 16.2. The Bertz CT molecular complexity index is 66.9. The Hall–Kier alpha value is 4.40. The SMILES string of the molecule is C[PH]([O-])([O-])[O-].C[PH]([O-])([O-])[O-].[Ca+2].[Ca+2].[Ca+2]. The van der Waals surface area contributed by atoms with Gasteiger partial charge in [-0.25, -0.2) is 0 Å². The Kier molecular flexibility index (Phi) is 33.9. The molecular formula is C2H8Ca3O6P2. The molecule has 0 bridgehead atoms. The van der Waals surface area contributed by atoms with E-state index in [1.165, 1.54) is 0 Å². The first kappa shape index (κ1) is 30.4. The van der Waals surface area contributed by atoms with Crippen molar-refractivity contribution >= 4 is 129 Å². The molecule has 0 saturated carbocycles. The summed E-state index contributed by atoms with van der Waals surface area (Å²) in [5.41, 5.74) is 0. The van der Waals surface area contributed by atoms with E-state index in [4.69, 9.17) is 29.4 Å². The van der Waals surface area contributed by atoms with Gasteiger partial charge in [-0.1, -0.05) is 0 Å². The van der Waals surface area contributed by atoms with Crippen LogP contribution in [0.2, 0.25) is 0 Å². The van der Waals surface area contributed by atoms with Crippen LogP contribution in [-0.2, 0) is 0 Å². The summed E-state index contributed by atoms with van der Waals surface area (Å²) in [5, 5.41) is 0. The van der Waals surface area contributed by atoms with Crippen molar-refractivity contribution in [3.8, 4) is 0 Å². The van der Waals surface area contributed by atoms with Gasteiger partial charge in [0.25, 0.3) is 0 Å². The molecule has 11 heteroatoms. The maximum absolute atomic E-state index is 9.13. The molecule has 6 nitrogen and oxygen atoms in total. The molecule has 13 heavy (non-hydrogen) atoms. The first-order chi connectivity index (χ1) is 4.00. The number of hydrogen-bond acceptors (Lipinski definition) is 6. The Morgan fingerprint density at radius 3 is 0.538 bits per heavy atom. The van der Waals surface area contributed by atoms with Crippen LogP contribution < -0.4 is 29.4 Å². The van der Waals surface area contributed by atoms with Gasteiger partial charge in [0.1, 0.15) is 0 Å². The van der Waals surface area contributed by atoms with E-state index in [9.17, 15) is 0 Å². The van der Waals surface area contributed by atoms with Crippen LogP contribution in [-0.4, -0.2) is 127 Å². The predicted molar refractivity (Wildman–Crippen MR) is 45.7 cm³/mol. The number of hydrogen-bond donors (Lipinski definition) is 0. The fraction of sp³-hybridized carbons (Fsp3) is 1.00. The zero-order valence-electron chi connectivity index (χ0n) is 7.57. The summed E-state index contributed by atoms with van der Waals surface area (Å²) in [6.07, 6.45) is 0. The smallest absolute Gasteiger partial charge is 2.00 e. The quantitative estimate of drug-likeness (QED) is 0.322. The summed E-state index contributed by atoms with van der Waals surface area (Å²) >= 11 is 0. The molecule has 0 fully saturated rings. The molecule has 0 aliphatic heterocycles. The first-order valence-electron chi connectivity index (χ1n) is 2.22. The third-order valence-electron chi connectivity index (χ3n) is 0. The summed E-state index contributed by atoms with van der Waals surface area (Å²) in [6.45, 7) is 1.32. The molecule has 0 N–H and O–H groups in total. The average Bonchev–Trinajstić information content (AvgIpc) is 1.12. The molecule has 0 spiro atoms. The fourth-order valence-corrected chi connectivity index (χ4v) is 0. The Labute approximate surface area is 168 Å². The fourth-order valence-electron chi connectivity index (χ4n) is 0. The van der Waals surface area contributed by atoms with E-state index in [2.05, 4.69) is 0 Å². The molecule has 0 aromatic heterocycles. The Balaban J connectivity index is -0.0000000267. The molecular weight excluding hydrogens is 302 g/mol. The molecule has 0 atom stereocenters. The molecule has 0 heterocycles. The van der Waals surface area contributed by atoms with E-state index in [0.717, 1.165) is 0 Å². The molecule has 0 unspecified atom stereocenters. The summed E-state index contributed by atoms with van der Waals surface area (Å²) < 4.78 is 0. The van der Waals surface area contributed by atoms with Crippen LogP contribution in [0.4, 0.5) is 0 Å². The molecule has 0 rings (SSSR count). The maximum Gasteiger partial charge on any atom is 2.00 e. The first-order valence-corrected chi connectivity index (χ1v) is 6.67. The molecule has 0 aliphatic rings. The van der Waals surface area contributed by atoms with Crippen molar-refractivity contribution in [2.24, 2.45) is 0 Å². The summed E-state index contributed by atoms with van der Waals surface area (Å²) in [7, 11) is -8.72. The van der Waals surface area contributed by atoms with E-state index in [1.807, 2.05) is 0 Å². The maximum atomic E-state index is 9.13. The van der Waals surface area contributed by atoms with E-state index in [0.29, 0.717) is 13.3 Å². The van der Waals surface area contributed by atoms with Crippen molar-refractivity contribution in [3.63, 3.8) is 0 Å². The van der Waals surface area contributed by atoms with Crippen molar-refractivity contribution in [2.45, 2.75) is 0 Å². The predicted octanol–water partition coefficient (Wildman–Crippen LogP) is -6.76. The van der Waals surface area contributed by atoms with Gasteiger partial charge in [-0.3, -0.25) is 0 Å². The van der Waals surface area contributed by atoms with Gasteiger partial charge in [-0.2, -0.15) is 0 Å². The minimum Gasteiger partial charge on any atom is 2.00 e. The van der Waals surface area contributed by atoms with Gasteiger partial charge in [-0.15, -0.1) is 0 Å². The van der Waals surface area contributed by atoms with E-state index >= 15 is 0 Å². The topological polar surface area (TPSA) is 138 Å². The van der Waals surface area contributed by atoms with Crippen molar-refractivity contribution in [2.75, 3.05) is 13.3 Å². The summed E-state index contributed by atoms with van der Waals surface area (Å²) in [6, 6.07) is 0. The Morgan fingerprint density at radius 2 is 0.538 bits per heavy atom. The molecule has 0 aromatic rings. The molecule has 0 saturated heterocycles. The van der Waals surface area contributed by atoms with E-state index in [-0.39, 0.29) is 113 Å². The van der Waals surface area contributed by atoms with Gasteiger partial charge in [0.15, 0.2) is 0 Å². The molecule has 0 aromatic carbocycles. The van der Waals surface area contributed by atoms with Crippen LogP contribution in [0.15, 0.2) is 0 Å². The van der Waals surface area contributed by atoms with E-state index in [1.54, 1.807) is 0 Å². The van der Waals surface area contributed by atoms with Crippen LogP contribution in [0.1, 0.15) is 0 Å². The minimum absolute atomic E-state index is 0. The second-order valence-electron chi connectivity index (χ2n) is 1.72.